The maximum absolute atomic E-state index is 12.8. The molecule has 2 rings (SSSR count). The van der Waals surface area contributed by atoms with Crippen molar-refractivity contribution in [1.29, 1.82) is 0 Å². The lowest BCUT2D eigenvalue weighted by Crippen LogP contribution is -2.41. The molecule has 0 saturated carbocycles. The average molecular weight is 276 g/mol. The number of carbonyl (C=O) groups is 1. The van der Waals surface area contributed by atoms with Gasteiger partial charge in [0, 0.05) is 25.3 Å². The minimum Gasteiger partial charge on any atom is -0.378 e. The van der Waals surface area contributed by atoms with Gasteiger partial charge in [-0.2, -0.15) is 0 Å². The minimum absolute atomic E-state index is 0.121. The van der Waals surface area contributed by atoms with Crippen LogP contribution in [0.25, 0.3) is 0 Å². The maximum atomic E-state index is 12.8. The van der Waals surface area contributed by atoms with Crippen molar-refractivity contribution >= 4 is 5.91 Å². The SMILES string of the molecule is C=CCn1c(C)c(CC)c(C)c1C(=O)N1CCOCC1. The summed E-state index contributed by atoms with van der Waals surface area (Å²) in [6, 6.07) is 0. The molecule has 110 valence electrons. The summed E-state index contributed by atoms with van der Waals surface area (Å²) in [7, 11) is 0. The summed E-state index contributed by atoms with van der Waals surface area (Å²) in [4.78, 5) is 14.7. The summed E-state index contributed by atoms with van der Waals surface area (Å²) >= 11 is 0. The van der Waals surface area contributed by atoms with Gasteiger partial charge in [-0.15, -0.1) is 6.58 Å². The normalized spacial score (nSPS) is 15.4. The molecule has 1 aliphatic heterocycles. The number of aromatic nitrogens is 1. The third-order valence-electron chi connectivity index (χ3n) is 4.09. The number of amides is 1. The highest BCUT2D eigenvalue weighted by Gasteiger charge is 2.26. The van der Waals surface area contributed by atoms with E-state index in [9.17, 15) is 4.79 Å². The van der Waals surface area contributed by atoms with Crippen LogP contribution in [-0.2, 0) is 17.7 Å². The molecule has 1 amide bonds. The molecule has 0 atom stereocenters. The van der Waals surface area contributed by atoms with Crippen LogP contribution in [0.3, 0.4) is 0 Å². The summed E-state index contributed by atoms with van der Waals surface area (Å²) in [5, 5.41) is 0. The third kappa shape index (κ3) is 2.52. The number of allylic oxidation sites excluding steroid dienone is 1. The highest BCUT2D eigenvalue weighted by atomic mass is 16.5. The Morgan fingerprint density at radius 3 is 2.55 bits per heavy atom. The second kappa shape index (κ2) is 6.27. The molecule has 0 bridgehead atoms. The van der Waals surface area contributed by atoms with Gasteiger partial charge in [-0.05, 0) is 31.4 Å². The summed E-state index contributed by atoms with van der Waals surface area (Å²) in [6.45, 7) is 13.4. The molecule has 1 saturated heterocycles. The van der Waals surface area contributed by atoms with Crippen molar-refractivity contribution in [2.75, 3.05) is 26.3 Å². The Labute approximate surface area is 121 Å². The molecule has 0 aromatic carbocycles. The van der Waals surface area contributed by atoms with E-state index in [4.69, 9.17) is 4.74 Å². The van der Waals surface area contributed by atoms with E-state index >= 15 is 0 Å². The van der Waals surface area contributed by atoms with Crippen molar-refractivity contribution in [2.24, 2.45) is 0 Å². The van der Waals surface area contributed by atoms with Gasteiger partial charge in [0.1, 0.15) is 5.69 Å². The fourth-order valence-electron chi connectivity index (χ4n) is 3.02. The standard InChI is InChI=1S/C16H24N2O2/c1-5-7-18-13(4)14(6-2)12(3)15(18)16(19)17-8-10-20-11-9-17/h5H,1,6-11H2,2-4H3. The van der Waals surface area contributed by atoms with Crippen molar-refractivity contribution in [3.8, 4) is 0 Å². The van der Waals surface area contributed by atoms with Crippen LogP contribution in [0.5, 0.6) is 0 Å². The molecule has 1 aliphatic rings. The van der Waals surface area contributed by atoms with Gasteiger partial charge >= 0.3 is 0 Å². The average Bonchev–Trinajstić information content (AvgIpc) is 2.70. The first-order valence-corrected chi connectivity index (χ1v) is 7.28. The zero-order chi connectivity index (χ0) is 14.7. The zero-order valence-electron chi connectivity index (χ0n) is 12.7. The Balaban J connectivity index is 2.42. The van der Waals surface area contributed by atoms with Crippen LogP contribution < -0.4 is 0 Å². The van der Waals surface area contributed by atoms with Crippen molar-refractivity contribution < 1.29 is 9.53 Å². The molecule has 1 aromatic heterocycles. The van der Waals surface area contributed by atoms with Gasteiger partial charge in [0.25, 0.3) is 5.91 Å². The molecule has 2 heterocycles. The number of nitrogens with zero attached hydrogens (tertiary/aromatic N) is 2. The van der Waals surface area contributed by atoms with E-state index in [1.165, 1.54) is 11.3 Å². The van der Waals surface area contributed by atoms with E-state index in [0.29, 0.717) is 32.8 Å². The van der Waals surface area contributed by atoms with Crippen LogP contribution in [0.4, 0.5) is 0 Å². The smallest absolute Gasteiger partial charge is 0.270 e. The molecule has 20 heavy (non-hydrogen) atoms. The van der Waals surface area contributed by atoms with Gasteiger partial charge in [-0.3, -0.25) is 4.79 Å². The number of hydrogen-bond donors (Lipinski definition) is 0. The maximum Gasteiger partial charge on any atom is 0.270 e. The first-order valence-electron chi connectivity index (χ1n) is 7.28. The molecule has 0 aliphatic carbocycles. The topological polar surface area (TPSA) is 34.5 Å². The Bertz CT molecular complexity index is 511. The van der Waals surface area contributed by atoms with Gasteiger partial charge < -0.3 is 14.2 Å². The van der Waals surface area contributed by atoms with E-state index in [2.05, 4.69) is 31.9 Å². The molecule has 0 spiro atoms. The third-order valence-corrected chi connectivity index (χ3v) is 4.09. The van der Waals surface area contributed by atoms with Crippen LogP contribution in [0.2, 0.25) is 0 Å². The Morgan fingerprint density at radius 2 is 2.00 bits per heavy atom. The number of ether oxygens (including phenoxy) is 1. The van der Waals surface area contributed by atoms with E-state index in [1.807, 2.05) is 11.0 Å². The van der Waals surface area contributed by atoms with Crippen molar-refractivity contribution in [3.63, 3.8) is 0 Å². The first kappa shape index (κ1) is 14.9. The molecule has 0 N–H and O–H groups in total. The number of rotatable bonds is 4. The van der Waals surface area contributed by atoms with Crippen LogP contribution >= 0.6 is 0 Å². The van der Waals surface area contributed by atoms with E-state index in [0.717, 1.165) is 17.7 Å². The van der Waals surface area contributed by atoms with Gasteiger partial charge in [-0.1, -0.05) is 13.0 Å². The van der Waals surface area contributed by atoms with E-state index in [1.54, 1.807) is 0 Å². The molecule has 4 nitrogen and oxygen atoms in total. The highest BCUT2D eigenvalue weighted by Crippen LogP contribution is 2.24. The molecule has 0 unspecified atom stereocenters. The predicted molar refractivity (Wildman–Crippen MR) is 80.2 cm³/mol. The molecule has 4 heteroatoms. The Kier molecular flexibility index (Phi) is 4.65. The summed E-state index contributed by atoms with van der Waals surface area (Å²) in [6.07, 6.45) is 2.80. The largest absolute Gasteiger partial charge is 0.378 e. The molecular formula is C16H24N2O2. The van der Waals surface area contributed by atoms with Gasteiger partial charge in [-0.25, -0.2) is 0 Å². The van der Waals surface area contributed by atoms with Gasteiger partial charge in [0.05, 0.1) is 13.2 Å². The van der Waals surface area contributed by atoms with Crippen LogP contribution in [0.15, 0.2) is 12.7 Å². The lowest BCUT2D eigenvalue weighted by atomic mass is 10.1. The molecule has 1 aromatic rings. The quantitative estimate of drug-likeness (QED) is 0.791. The van der Waals surface area contributed by atoms with Crippen LogP contribution in [0, 0.1) is 13.8 Å². The lowest BCUT2D eigenvalue weighted by Gasteiger charge is -2.27. The van der Waals surface area contributed by atoms with Gasteiger partial charge in [0.15, 0.2) is 0 Å². The minimum atomic E-state index is 0.121. The second-order valence-electron chi connectivity index (χ2n) is 5.19. The van der Waals surface area contributed by atoms with Crippen molar-refractivity contribution in [1.82, 2.24) is 9.47 Å². The fourth-order valence-corrected chi connectivity index (χ4v) is 3.02. The van der Waals surface area contributed by atoms with Crippen LogP contribution in [-0.4, -0.2) is 41.7 Å². The van der Waals surface area contributed by atoms with Crippen molar-refractivity contribution in [2.45, 2.75) is 33.7 Å². The highest BCUT2D eigenvalue weighted by molar-refractivity contribution is 5.95. The first-order chi connectivity index (χ1) is 9.61. The molecule has 0 radical (unpaired) electrons. The molecular weight excluding hydrogens is 252 g/mol. The number of hydrogen-bond acceptors (Lipinski definition) is 2. The predicted octanol–water partition coefficient (Wildman–Crippen LogP) is 2.33. The van der Waals surface area contributed by atoms with Crippen molar-refractivity contribution in [3.05, 3.63) is 35.2 Å². The fraction of sp³-hybridized carbons (Fsp3) is 0.562. The monoisotopic (exact) mass is 276 g/mol. The van der Waals surface area contributed by atoms with Gasteiger partial charge in [0.2, 0.25) is 0 Å². The second-order valence-corrected chi connectivity index (χ2v) is 5.19. The number of carbonyl (C=O) groups excluding carboxylic acids is 1. The zero-order valence-corrected chi connectivity index (χ0v) is 12.7. The summed E-state index contributed by atoms with van der Waals surface area (Å²) in [5.41, 5.74) is 4.40. The number of morpholine rings is 1. The summed E-state index contributed by atoms with van der Waals surface area (Å²) in [5.74, 6) is 0.121. The Morgan fingerprint density at radius 1 is 1.35 bits per heavy atom. The van der Waals surface area contributed by atoms with E-state index in [-0.39, 0.29) is 5.91 Å². The lowest BCUT2D eigenvalue weighted by molar-refractivity contribution is 0.0295. The summed E-state index contributed by atoms with van der Waals surface area (Å²) < 4.78 is 7.42. The molecule has 1 fully saturated rings. The van der Waals surface area contributed by atoms with E-state index < -0.39 is 0 Å². The Hall–Kier alpha value is -1.55. The van der Waals surface area contributed by atoms with Crippen LogP contribution in [0.1, 0.15) is 34.2 Å².